The summed E-state index contributed by atoms with van der Waals surface area (Å²) in [6, 6.07) is 12.8. The number of hydrogen-bond donors (Lipinski definition) is 0. The molecule has 0 saturated carbocycles. The molecule has 2 aromatic rings. The van der Waals surface area contributed by atoms with E-state index in [-0.39, 0.29) is 5.91 Å². The number of carbonyl (C=O) groups excluding carboxylic acids is 1. The van der Waals surface area contributed by atoms with Crippen LogP contribution in [-0.2, 0) is 6.54 Å². The second-order valence-corrected chi connectivity index (χ2v) is 5.68. The van der Waals surface area contributed by atoms with E-state index in [0.29, 0.717) is 41.8 Å². The Hall–Kier alpha value is -2.20. The zero-order valence-corrected chi connectivity index (χ0v) is 15.0. The highest BCUT2D eigenvalue weighted by Crippen LogP contribution is 2.28. The molecule has 0 bridgehead atoms. The molecule has 0 unspecified atom stereocenters. The van der Waals surface area contributed by atoms with Crippen LogP contribution < -0.4 is 9.47 Å². The Morgan fingerprint density at radius 3 is 2.54 bits per heavy atom. The molecule has 128 valence electrons. The highest BCUT2D eigenvalue weighted by molar-refractivity contribution is 6.30. The van der Waals surface area contributed by atoms with Crippen molar-refractivity contribution >= 4 is 17.5 Å². The van der Waals surface area contributed by atoms with Gasteiger partial charge in [-0.3, -0.25) is 4.79 Å². The van der Waals surface area contributed by atoms with Crippen LogP contribution >= 0.6 is 11.6 Å². The Labute approximate surface area is 147 Å². The number of carbonyl (C=O) groups is 1. The van der Waals surface area contributed by atoms with Crippen LogP contribution in [0, 0.1) is 0 Å². The van der Waals surface area contributed by atoms with Gasteiger partial charge in [0.2, 0.25) is 0 Å². The third-order valence-electron chi connectivity index (χ3n) is 3.64. The lowest BCUT2D eigenvalue weighted by Gasteiger charge is -2.22. The minimum atomic E-state index is -0.0566. The van der Waals surface area contributed by atoms with Crippen molar-refractivity contribution in [1.82, 2.24) is 4.90 Å². The summed E-state index contributed by atoms with van der Waals surface area (Å²) in [6.07, 6.45) is 0. The third kappa shape index (κ3) is 4.42. The molecule has 0 spiro atoms. The van der Waals surface area contributed by atoms with Crippen LogP contribution in [0.3, 0.4) is 0 Å². The number of methoxy groups -OCH3 is 1. The Morgan fingerprint density at radius 1 is 1.12 bits per heavy atom. The summed E-state index contributed by atoms with van der Waals surface area (Å²) in [4.78, 5) is 14.6. The Morgan fingerprint density at radius 2 is 1.92 bits per heavy atom. The molecule has 5 heteroatoms. The topological polar surface area (TPSA) is 38.8 Å². The molecule has 0 heterocycles. The van der Waals surface area contributed by atoms with Gasteiger partial charge < -0.3 is 14.4 Å². The van der Waals surface area contributed by atoms with Crippen molar-refractivity contribution in [1.29, 1.82) is 0 Å². The fourth-order valence-electron chi connectivity index (χ4n) is 2.44. The number of benzene rings is 2. The first-order valence-electron chi connectivity index (χ1n) is 7.93. The van der Waals surface area contributed by atoms with Gasteiger partial charge in [-0.25, -0.2) is 0 Å². The molecule has 0 aliphatic carbocycles. The lowest BCUT2D eigenvalue weighted by molar-refractivity contribution is 0.0752. The zero-order chi connectivity index (χ0) is 17.5. The van der Waals surface area contributed by atoms with Crippen LogP contribution in [0.15, 0.2) is 42.5 Å². The van der Waals surface area contributed by atoms with Crippen molar-refractivity contribution in [3.8, 4) is 11.5 Å². The maximum Gasteiger partial charge on any atom is 0.254 e. The highest BCUT2D eigenvalue weighted by atomic mass is 35.5. The van der Waals surface area contributed by atoms with E-state index >= 15 is 0 Å². The fraction of sp³-hybridized carbons (Fsp3) is 0.316. The molecule has 4 nitrogen and oxygen atoms in total. The monoisotopic (exact) mass is 347 g/mol. The minimum absolute atomic E-state index is 0.0566. The van der Waals surface area contributed by atoms with Gasteiger partial charge in [0.05, 0.1) is 13.7 Å². The van der Waals surface area contributed by atoms with Gasteiger partial charge in [0.1, 0.15) is 0 Å². The van der Waals surface area contributed by atoms with Gasteiger partial charge in [0, 0.05) is 23.7 Å². The lowest BCUT2D eigenvalue weighted by Crippen LogP contribution is -2.30. The number of halogens is 1. The van der Waals surface area contributed by atoms with Crippen molar-refractivity contribution in [3.05, 3.63) is 58.6 Å². The number of hydrogen-bond acceptors (Lipinski definition) is 3. The first kappa shape index (κ1) is 18.1. The van der Waals surface area contributed by atoms with E-state index in [1.807, 2.05) is 38.1 Å². The van der Waals surface area contributed by atoms with E-state index in [4.69, 9.17) is 21.1 Å². The first-order chi connectivity index (χ1) is 11.6. The van der Waals surface area contributed by atoms with Crippen LogP contribution in [0.5, 0.6) is 11.5 Å². The summed E-state index contributed by atoms with van der Waals surface area (Å²) in [5.74, 6) is 1.13. The van der Waals surface area contributed by atoms with Gasteiger partial charge in [0.25, 0.3) is 5.91 Å². The summed E-state index contributed by atoms with van der Waals surface area (Å²) < 4.78 is 10.8. The molecule has 1 amide bonds. The maximum atomic E-state index is 12.8. The Bertz CT molecular complexity index is 703. The zero-order valence-electron chi connectivity index (χ0n) is 14.2. The van der Waals surface area contributed by atoms with Gasteiger partial charge in [-0.15, -0.1) is 0 Å². The third-order valence-corrected chi connectivity index (χ3v) is 3.88. The van der Waals surface area contributed by atoms with Crippen molar-refractivity contribution < 1.29 is 14.3 Å². The second-order valence-electron chi connectivity index (χ2n) is 5.25. The predicted octanol–water partition coefficient (Wildman–Crippen LogP) is 4.41. The molecule has 0 aliphatic heterocycles. The average Bonchev–Trinajstić information content (AvgIpc) is 2.59. The van der Waals surface area contributed by atoms with E-state index in [1.165, 1.54) is 0 Å². The van der Waals surface area contributed by atoms with Gasteiger partial charge in [-0.05, 0) is 49.7 Å². The van der Waals surface area contributed by atoms with Crippen LogP contribution in [0.1, 0.15) is 29.8 Å². The van der Waals surface area contributed by atoms with Crippen LogP contribution in [0.2, 0.25) is 5.02 Å². The average molecular weight is 348 g/mol. The van der Waals surface area contributed by atoms with Gasteiger partial charge in [0.15, 0.2) is 11.5 Å². The predicted molar refractivity (Wildman–Crippen MR) is 96.0 cm³/mol. The van der Waals surface area contributed by atoms with Crippen molar-refractivity contribution in [2.75, 3.05) is 20.3 Å². The van der Waals surface area contributed by atoms with E-state index in [9.17, 15) is 4.79 Å². The van der Waals surface area contributed by atoms with Crippen molar-refractivity contribution in [2.45, 2.75) is 20.4 Å². The molecular formula is C19H22ClNO3. The van der Waals surface area contributed by atoms with Gasteiger partial charge in [-0.1, -0.05) is 23.7 Å². The van der Waals surface area contributed by atoms with E-state index < -0.39 is 0 Å². The normalized spacial score (nSPS) is 10.3. The molecule has 24 heavy (non-hydrogen) atoms. The smallest absolute Gasteiger partial charge is 0.254 e. The number of ether oxygens (including phenoxy) is 2. The van der Waals surface area contributed by atoms with Gasteiger partial charge in [-0.2, -0.15) is 0 Å². The quantitative estimate of drug-likeness (QED) is 0.744. The standard InChI is InChI=1S/C19H22ClNO3/c1-4-21(13-14-7-6-8-16(20)11-14)19(22)15-9-10-17(24-5-2)18(12-15)23-3/h6-12H,4-5,13H2,1-3H3. The number of amides is 1. The summed E-state index contributed by atoms with van der Waals surface area (Å²) in [6.45, 7) is 5.50. The maximum absolute atomic E-state index is 12.8. The largest absolute Gasteiger partial charge is 0.493 e. The molecular weight excluding hydrogens is 326 g/mol. The summed E-state index contributed by atoms with van der Waals surface area (Å²) >= 11 is 6.02. The number of nitrogens with zero attached hydrogens (tertiary/aromatic N) is 1. The summed E-state index contributed by atoms with van der Waals surface area (Å²) in [5, 5.41) is 0.665. The molecule has 0 radical (unpaired) electrons. The summed E-state index contributed by atoms with van der Waals surface area (Å²) in [7, 11) is 1.57. The Balaban J connectivity index is 2.21. The molecule has 0 fully saturated rings. The second kappa shape index (κ2) is 8.60. The van der Waals surface area contributed by atoms with E-state index in [2.05, 4.69) is 0 Å². The molecule has 0 aromatic heterocycles. The Kier molecular flexibility index (Phi) is 6.50. The van der Waals surface area contributed by atoms with Crippen LogP contribution in [-0.4, -0.2) is 31.1 Å². The lowest BCUT2D eigenvalue weighted by atomic mass is 10.1. The fourth-order valence-corrected chi connectivity index (χ4v) is 2.65. The number of rotatable bonds is 7. The molecule has 0 N–H and O–H groups in total. The van der Waals surface area contributed by atoms with Crippen LogP contribution in [0.25, 0.3) is 0 Å². The highest BCUT2D eigenvalue weighted by Gasteiger charge is 2.17. The molecule has 2 aromatic carbocycles. The van der Waals surface area contributed by atoms with Gasteiger partial charge >= 0.3 is 0 Å². The van der Waals surface area contributed by atoms with Crippen molar-refractivity contribution in [2.24, 2.45) is 0 Å². The van der Waals surface area contributed by atoms with Crippen molar-refractivity contribution in [3.63, 3.8) is 0 Å². The molecule has 2 rings (SSSR count). The molecule has 0 saturated heterocycles. The minimum Gasteiger partial charge on any atom is -0.493 e. The van der Waals surface area contributed by atoms with E-state index in [0.717, 1.165) is 5.56 Å². The molecule has 0 aliphatic rings. The first-order valence-corrected chi connectivity index (χ1v) is 8.31. The SMILES string of the molecule is CCOc1ccc(C(=O)N(CC)Cc2cccc(Cl)c2)cc1OC. The molecule has 0 atom stereocenters. The van der Waals surface area contributed by atoms with Crippen LogP contribution in [0.4, 0.5) is 0 Å². The van der Waals surface area contributed by atoms with E-state index in [1.54, 1.807) is 30.2 Å². The summed E-state index contributed by atoms with van der Waals surface area (Å²) in [5.41, 5.74) is 1.56.